The van der Waals surface area contributed by atoms with E-state index >= 15 is 0 Å². The maximum absolute atomic E-state index is 9.44. The lowest BCUT2D eigenvalue weighted by atomic mass is 9.97. The molecular weight excluding hydrogens is 166 g/mol. The summed E-state index contributed by atoms with van der Waals surface area (Å²) in [4.78, 5) is 4.15. The molecule has 0 bridgehead atoms. The van der Waals surface area contributed by atoms with E-state index in [1.165, 1.54) is 6.33 Å². The first-order valence-electron chi connectivity index (χ1n) is 4.50. The minimum atomic E-state index is -0.305. The van der Waals surface area contributed by atoms with E-state index in [9.17, 15) is 5.11 Å². The van der Waals surface area contributed by atoms with Crippen LogP contribution in [0.4, 0.5) is 0 Å². The van der Waals surface area contributed by atoms with Gasteiger partial charge < -0.3 is 5.11 Å². The Morgan fingerprint density at radius 1 is 1.62 bits per heavy atom. The van der Waals surface area contributed by atoms with Crippen molar-refractivity contribution < 1.29 is 5.11 Å². The molecule has 0 aliphatic heterocycles. The van der Waals surface area contributed by atoms with E-state index in [1.54, 1.807) is 4.68 Å². The molecule has 4 heteroatoms. The number of aromatic nitrogens is 3. The quantitative estimate of drug-likeness (QED) is 0.692. The van der Waals surface area contributed by atoms with Crippen LogP contribution in [0.25, 0.3) is 5.57 Å². The lowest BCUT2D eigenvalue weighted by Crippen LogP contribution is -2.10. The number of nitrogens with zero attached hydrogens (tertiary/aromatic N) is 3. The van der Waals surface area contributed by atoms with Crippen LogP contribution in [0.2, 0.25) is 0 Å². The average molecular weight is 179 g/mol. The Morgan fingerprint density at radius 3 is 3.08 bits per heavy atom. The fraction of sp³-hybridized carbons (Fsp3) is 0.556. The van der Waals surface area contributed by atoms with Gasteiger partial charge in [-0.15, -0.1) is 0 Å². The highest BCUT2D eigenvalue weighted by molar-refractivity contribution is 5.61. The second kappa shape index (κ2) is 3.30. The normalized spacial score (nSPS) is 22.9. The highest BCUT2D eigenvalue weighted by Crippen LogP contribution is 2.24. The van der Waals surface area contributed by atoms with Crippen molar-refractivity contribution in [1.82, 2.24) is 14.8 Å². The maximum Gasteiger partial charge on any atom is 0.153 e. The molecule has 1 N–H and O–H groups in total. The van der Waals surface area contributed by atoms with E-state index in [4.69, 9.17) is 0 Å². The fourth-order valence-corrected chi connectivity index (χ4v) is 1.67. The number of rotatable bonds is 1. The van der Waals surface area contributed by atoms with Crippen molar-refractivity contribution >= 4 is 5.57 Å². The number of aryl methyl sites for hydroxylation is 1. The van der Waals surface area contributed by atoms with Gasteiger partial charge in [0, 0.05) is 7.05 Å². The van der Waals surface area contributed by atoms with Crippen LogP contribution in [0, 0.1) is 0 Å². The smallest absolute Gasteiger partial charge is 0.153 e. The number of allylic oxidation sites excluding steroid dienone is 1. The molecule has 0 aromatic carbocycles. The molecule has 1 atom stereocenters. The highest BCUT2D eigenvalue weighted by atomic mass is 16.3. The summed E-state index contributed by atoms with van der Waals surface area (Å²) in [6.07, 6.45) is 6.00. The zero-order valence-corrected chi connectivity index (χ0v) is 7.64. The van der Waals surface area contributed by atoms with Gasteiger partial charge in [0.15, 0.2) is 5.82 Å². The van der Waals surface area contributed by atoms with Gasteiger partial charge in [-0.3, -0.25) is 0 Å². The van der Waals surface area contributed by atoms with Gasteiger partial charge >= 0.3 is 0 Å². The minimum absolute atomic E-state index is 0.305. The van der Waals surface area contributed by atoms with Crippen LogP contribution in [0.15, 0.2) is 12.4 Å². The maximum atomic E-state index is 9.44. The lowest BCUT2D eigenvalue weighted by molar-refractivity contribution is 0.206. The van der Waals surface area contributed by atoms with E-state index < -0.39 is 0 Å². The van der Waals surface area contributed by atoms with Gasteiger partial charge in [-0.25, -0.2) is 9.67 Å². The molecule has 4 nitrogen and oxygen atoms in total. The van der Waals surface area contributed by atoms with Crippen molar-refractivity contribution in [1.29, 1.82) is 0 Å². The molecule has 1 heterocycles. The Morgan fingerprint density at radius 2 is 2.46 bits per heavy atom. The zero-order valence-electron chi connectivity index (χ0n) is 7.64. The Kier molecular flexibility index (Phi) is 2.14. The van der Waals surface area contributed by atoms with E-state index in [1.807, 2.05) is 13.1 Å². The van der Waals surface area contributed by atoms with Gasteiger partial charge in [-0.1, -0.05) is 0 Å². The summed E-state index contributed by atoms with van der Waals surface area (Å²) in [5, 5.41) is 13.4. The monoisotopic (exact) mass is 179 g/mol. The molecule has 0 saturated heterocycles. The number of aliphatic hydroxyl groups is 1. The van der Waals surface area contributed by atoms with Gasteiger partial charge in [0.25, 0.3) is 0 Å². The van der Waals surface area contributed by atoms with Crippen LogP contribution in [0.3, 0.4) is 0 Å². The summed E-state index contributed by atoms with van der Waals surface area (Å²) in [7, 11) is 1.87. The highest BCUT2D eigenvalue weighted by Gasteiger charge is 2.15. The Balaban J connectivity index is 2.30. The molecule has 1 unspecified atom stereocenters. The summed E-state index contributed by atoms with van der Waals surface area (Å²) < 4.78 is 1.74. The Hall–Kier alpha value is -1.16. The van der Waals surface area contributed by atoms with Gasteiger partial charge in [-0.2, -0.15) is 5.10 Å². The van der Waals surface area contributed by atoms with Crippen molar-refractivity contribution in [3.63, 3.8) is 0 Å². The van der Waals surface area contributed by atoms with Gasteiger partial charge in [0.05, 0.1) is 6.10 Å². The summed E-state index contributed by atoms with van der Waals surface area (Å²) in [5.74, 6) is 0.874. The molecule has 0 fully saturated rings. The molecule has 0 radical (unpaired) electrons. The summed E-state index contributed by atoms with van der Waals surface area (Å²) >= 11 is 0. The minimum Gasteiger partial charge on any atom is -0.389 e. The molecule has 1 aliphatic rings. The number of hydrogen-bond acceptors (Lipinski definition) is 3. The van der Waals surface area contributed by atoms with Gasteiger partial charge in [-0.05, 0) is 30.9 Å². The van der Waals surface area contributed by atoms with Crippen LogP contribution in [-0.2, 0) is 7.05 Å². The third-order valence-corrected chi connectivity index (χ3v) is 2.34. The first-order valence-corrected chi connectivity index (χ1v) is 4.50. The van der Waals surface area contributed by atoms with E-state index in [2.05, 4.69) is 10.1 Å². The summed E-state index contributed by atoms with van der Waals surface area (Å²) in [5.41, 5.74) is 1.11. The van der Waals surface area contributed by atoms with Crippen molar-refractivity contribution in [3.05, 3.63) is 18.2 Å². The van der Waals surface area contributed by atoms with Crippen molar-refractivity contribution in [3.8, 4) is 0 Å². The molecule has 1 aliphatic carbocycles. The van der Waals surface area contributed by atoms with E-state index in [0.29, 0.717) is 0 Å². The van der Waals surface area contributed by atoms with Gasteiger partial charge in [0.1, 0.15) is 6.33 Å². The molecule has 70 valence electrons. The second-order valence-corrected chi connectivity index (χ2v) is 3.36. The number of hydrogen-bond donors (Lipinski definition) is 1. The lowest BCUT2D eigenvalue weighted by Gasteiger charge is -2.15. The van der Waals surface area contributed by atoms with Crippen LogP contribution < -0.4 is 0 Å². The standard InChI is InChI=1S/C9H13N3O/c1-12-9(10-6-11-12)7-3-2-4-8(13)5-7/h5-6,8,13H,2-4H2,1H3. The molecule has 0 spiro atoms. The number of aliphatic hydroxyl groups excluding tert-OH is 1. The Labute approximate surface area is 76.9 Å². The summed E-state index contributed by atoms with van der Waals surface area (Å²) in [6.45, 7) is 0. The Bertz CT molecular complexity index is 329. The molecular formula is C9H13N3O. The fourth-order valence-electron chi connectivity index (χ4n) is 1.67. The van der Waals surface area contributed by atoms with E-state index in [-0.39, 0.29) is 6.10 Å². The zero-order chi connectivity index (χ0) is 9.26. The van der Waals surface area contributed by atoms with Gasteiger partial charge in [0.2, 0.25) is 0 Å². The average Bonchev–Trinajstić information content (AvgIpc) is 2.51. The van der Waals surface area contributed by atoms with Crippen LogP contribution in [0.5, 0.6) is 0 Å². The predicted octanol–water partition coefficient (Wildman–Crippen LogP) is 0.743. The van der Waals surface area contributed by atoms with Crippen LogP contribution in [0.1, 0.15) is 25.1 Å². The summed E-state index contributed by atoms with van der Waals surface area (Å²) in [6, 6.07) is 0. The third-order valence-electron chi connectivity index (χ3n) is 2.34. The van der Waals surface area contributed by atoms with Crippen molar-refractivity contribution in [2.24, 2.45) is 7.05 Å². The van der Waals surface area contributed by atoms with Crippen LogP contribution in [-0.4, -0.2) is 26.0 Å². The second-order valence-electron chi connectivity index (χ2n) is 3.36. The van der Waals surface area contributed by atoms with Crippen LogP contribution >= 0.6 is 0 Å². The predicted molar refractivity (Wildman–Crippen MR) is 48.8 cm³/mol. The first kappa shape index (κ1) is 8.44. The van der Waals surface area contributed by atoms with Crippen molar-refractivity contribution in [2.75, 3.05) is 0 Å². The third kappa shape index (κ3) is 1.62. The van der Waals surface area contributed by atoms with E-state index in [0.717, 1.165) is 30.7 Å². The molecule has 1 aromatic rings. The SMILES string of the molecule is Cn1ncnc1C1=CC(O)CCC1. The first-order chi connectivity index (χ1) is 6.27. The van der Waals surface area contributed by atoms with Crippen molar-refractivity contribution in [2.45, 2.75) is 25.4 Å². The molecule has 13 heavy (non-hydrogen) atoms. The topological polar surface area (TPSA) is 50.9 Å². The largest absolute Gasteiger partial charge is 0.389 e. The molecule has 1 aromatic heterocycles. The molecule has 2 rings (SSSR count). The molecule has 0 saturated carbocycles. The molecule has 0 amide bonds.